The minimum Gasteiger partial charge on any atom is -0.395 e. The molecule has 1 aromatic heterocycles. The van der Waals surface area contributed by atoms with Crippen molar-refractivity contribution in [3.63, 3.8) is 0 Å². The fraction of sp³-hybridized carbons (Fsp3) is 0.769. The lowest BCUT2D eigenvalue weighted by atomic mass is 10.2. The van der Waals surface area contributed by atoms with Crippen molar-refractivity contribution in [1.29, 1.82) is 0 Å². The SMILES string of the molecule is CCCN(CCO)c1c(CNCC)c(C)nn1C. The Bertz CT molecular complexity index is 356. The van der Waals surface area contributed by atoms with E-state index in [9.17, 15) is 5.11 Å². The summed E-state index contributed by atoms with van der Waals surface area (Å²) in [5.74, 6) is 1.13. The van der Waals surface area contributed by atoms with Gasteiger partial charge in [0.15, 0.2) is 0 Å². The van der Waals surface area contributed by atoms with E-state index in [4.69, 9.17) is 0 Å². The van der Waals surface area contributed by atoms with Crippen LogP contribution in [0.15, 0.2) is 0 Å². The third-order valence-corrected chi connectivity index (χ3v) is 3.03. The third kappa shape index (κ3) is 3.46. The van der Waals surface area contributed by atoms with Crippen molar-refractivity contribution in [3.8, 4) is 0 Å². The average Bonchev–Trinajstić information content (AvgIpc) is 2.61. The molecule has 0 fully saturated rings. The van der Waals surface area contributed by atoms with Gasteiger partial charge in [-0.1, -0.05) is 13.8 Å². The summed E-state index contributed by atoms with van der Waals surface area (Å²) in [6, 6.07) is 0. The van der Waals surface area contributed by atoms with E-state index in [1.807, 2.05) is 18.7 Å². The highest BCUT2D eigenvalue weighted by atomic mass is 16.3. The van der Waals surface area contributed by atoms with E-state index in [2.05, 4.69) is 29.2 Å². The molecule has 0 bridgehead atoms. The lowest BCUT2D eigenvalue weighted by Gasteiger charge is -2.24. The Kier molecular flexibility index (Phi) is 6.15. The van der Waals surface area contributed by atoms with Crippen molar-refractivity contribution in [2.45, 2.75) is 33.7 Å². The van der Waals surface area contributed by atoms with Gasteiger partial charge in [0.25, 0.3) is 0 Å². The fourth-order valence-electron chi connectivity index (χ4n) is 2.26. The Balaban J connectivity index is 3.01. The Morgan fingerprint density at radius 2 is 2.06 bits per heavy atom. The van der Waals surface area contributed by atoms with Gasteiger partial charge in [0.1, 0.15) is 5.82 Å². The molecule has 0 saturated carbocycles. The molecule has 0 amide bonds. The zero-order valence-electron chi connectivity index (χ0n) is 12.0. The molecular formula is C13H26N4O. The quantitative estimate of drug-likeness (QED) is 0.728. The van der Waals surface area contributed by atoms with E-state index in [0.717, 1.165) is 37.6 Å². The van der Waals surface area contributed by atoms with Gasteiger partial charge in [-0.3, -0.25) is 4.68 Å². The van der Waals surface area contributed by atoms with Crippen molar-refractivity contribution in [3.05, 3.63) is 11.3 Å². The van der Waals surface area contributed by atoms with Gasteiger partial charge < -0.3 is 15.3 Å². The summed E-state index contributed by atoms with van der Waals surface area (Å²) in [5, 5.41) is 17.1. The molecule has 0 atom stereocenters. The Labute approximate surface area is 110 Å². The molecule has 2 N–H and O–H groups in total. The van der Waals surface area contributed by atoms with Crippen LogP contribution in [0.4, 0.5) is 5.82 Å². The van der Waals surface area contributed by atoms with Crippen LogP contribution in [0.1, 0.15) is 31.5 Å². The van der Waals surface area contributed by atoms with Gasteiger partial charge in [-0.05, 0) is 19.9 Å². The molecule has 5 heteroatoms. The molecule has 1 rings (SSSR count). The predicted octanol–water partition coefficient (Wildman–Crippen LogP) is 1.05. The summed E-state index contributed by atoms with van der Waals surface area (Å²) in [5.41, 5.74) is 2.30. The second-order valence-electron chi connectivity index (χ2n) is 4.50. The van der Waals surface area contributed by atoms with Crippen LogP contribution in [0.2, 0.25) is 0 Å². The lowest BCUT2D eigenvalue weighted by Crippen LogP contribution is -2.30. The second kappa shape index (κ2) is 7.38. The van der Waals surface area contributed by atoms with Gasteiger partial charge in [-0.25, -0.2) is 0 Å². The normalized spacial score (nSPS) is 10.9. The first kappa shape index (κ1) is 15.0. The van der Waals surface area contributed by atoms with Gasteiger partial charge in [0, 0.05) is 32.2 Å². The van der Waals surface area contributed by atoms with E-state index in [1.54, 1.807) is 0 Å². The number of anilines is 1. The maximum absolute atomic E-state index is 9.20. The van der Waals surface area contributed by atoms with Crippen LogP contribution in [0.5, 0.6) is 0 Å². The highest BCUT2D eigenvalue weighted by Gasteiger charge is 2.18. The number of hydrogen-bond donors (Lipinski definition) is 2. The summed E-state index contributed by atoms with van der Waals surface area (Å²) in [6.45, 7) is 9.84. The van der Waals surface area contributed by atoms with Crippen LogP contribution >= 0.6 is 0 Å². The molecule has 0 radical (unpaired) electrons. The molecule has 0 aliphatic rings. The largest absolute Gasteiger partial charge is 0.395 e. The number of nitrogens with zero attached hydrogens (tertiary/aromatic N) is 3. The van der Waals surface area contributed by atoms with Crippen LogP contribution < -0.4 is 10.2 Å². The first-order valence-corrected chi connectivity index (χ1v) is 6.74. The molecule has 0 unspecified atom stereocenters. The van der Waals surface area contributed by atoms with Crippen LogP contribution in [0.25, 0.3) is 0 Å². The van der Waals surface area contributed by atoms with E-state index < -0.39 is 0 Å². The Morgan fingerprint density at radius 3 is 2.61 bits per heavy atom. The van der Waals surface area contributed by atoms with Gasteiger partial charge in [-0.2, -0.15) is 5.10 Å². The van der Waals surface area contributed by atoms with E-state index >= 15 is 0 Å². The first-order chi connectivity index (χ1) is 8.65. The first-order valence-electron chi connectivity index (χ1n) is 6.74. The third-order valence-electron chi connectivity index (χ3n) is 3.03. The zero-order valence-corrected chi connectivity index (χ0v) is 12.0. The maximum atomic E-state index is 9.20. The summed E-state index contributed by atoms with van der Waals surface area (Å²) in [4.78, 5) is 2.21. The van der Waals surface area contributed by atoms with E-state index in [1.165, 1.54) is 5.56 Å². The molecule has 1 heterocycles. The van der Waals surface area contributed by atoms with Crippen molar-refractivity contribution >= 4 is 5.82 Å². The molecular weight excluding hydrogens is 228 g/mol. The average molecular weight is 254 g/mol. The number of aliphatic hydroxyl groups excluding tert-OH is 1. The zero-order chi connectivity index (χ0) is 13.5. The van der Waals surface area contributed by atoms with Gasteiger partial charge in [-0.15, -0.1) is 0 Å². The van der Waals surface area contributed by atoms with Crippen molar-refractivity contribution < 1.29 is 5.11 Å². The summed E-state index contributed by atoms with van der Waals surface area (Å²) >= 11 is 0. The number of hydrogen-bond acceptors (Lipinski definition) is 4. The lowest BCUT2D eigenvalue weighted by molar-refractivity contribution is 0.301. The van der Waals surface area contributed by atoms with E-state index in [0.29, 0.717) is 6.54 Å². The number of aliphatic hydroxyl groups is 1. The van der Waals surface area contributed by atoms with Crippen molar-refractivity contribution in [1.82, 2.24) is 15.1 Å². The Morgan fingerprint density at radius 1 is 1.33 bits per heavy atom. The standard InChI is InChI=1S/C13H26N4O/c1-5-7-17(8-9-18)13-12(10-14-6-2)11(3)15-16(13)4/h14,18H,5-10H2,1-4H3. The topological polar surface area (TPSA) is 53.3 Å². The molecule has 0 aliphatic heterocycles. The molecule has 1 aromatic rings. The minimum atomic E-state index is 0.172. The fourth-order valence-corrected chi connectivity index (χ4v) is 2.26. The summed E-state index contributed by atoms with van der Waals surface area (Å²) in [6.07, 6.45) is 1.06. The van der Waals surface area contributed by atoms with Crippen molar-refractivity contribution in [2.75, 3.05) is 31.1 Å². The highest BCUT2D eigenvalue weighted by molar-refractivity contribution is 5.50. The van der Waals surface area contributed by atoms with Crippen LogP contribution in [0.3, 0.4) is 0 Å². The van der Waals surface area contributed by atoms with Crippen LogP contribution in [0, 0.1) is 6.92 Å². The monoisotopic (exact) mass is 254 g/mol. The smallest absolute Gasteiger partial charge is 0.131 e. The molecule has 18 heavy (non-hydrogen) atoms. The number of aromatic nitrogens is 2. The van der Waals surface area contributed by atoms with Gasteiger partial charge in [0.05, 0.1) is 12.3 Å². The molecule has 0 aromatic carbocycles. The maximum Gasteiger partial charge on any atom is 0.131 e. The van der Waals surface area contributed by atoms with Crippen LogP contribution in [-0.2, 0) is 13.6 Å². The predicted molar refractivity (Wildman–Crippen MR) is 74.9 cm³/mol. The van der Waals surface area contributed by atoms with Crippen LogP contribution in [-0.4, -0.2) is 41.1 Å². The molecule has 0 aliphatic carbocycles. The number of aryl methyl sites for hydroxylation is 2. The second-order valence-corrected chi connectivity index (χ2v) is 4.50. The molecule has 0 spiro atoms. The Hall–Kier alpha value is -1.07. The highest BCUT2D eigenvalue weighted by Crippen LogP contribution is 2.23. The molecule has 0 saturated heterocycles. The van der Waals surface area contributed by atoms with Crippen molar-refractivity contribution in [2.24, 2.45) is 7.05 Å². The van der Waals surface area contributed by atoms with E-state index in [-0.39, 0.29) is 6.61 Å². The molecule has 5 nitrogen and oxygen atoms in total. The number of nitrogens with one attached hydrogen (secondary N) is 1. The summed E-state index contributed by atoms with van der Waals surface area (Å²) < 4.78 is 1.92. The van der Waals surface area contributed by atoms with Gasteiger partial charge >= 0.3 is 0 Å². The minimum absolute atomic E-state index is 0.172. The number of rotatable bonds is 8. The van der Waals surface area contributed by atoms with Gasteiger partial charge in [0.2, 0.25) is 0 Å². The molecule has 104 valence electrons. The summed E-state index contributed by atoms with van der Waals surface area (Å²) in [7, 11) is 1.97.